The van der Waals surface area contributed by atoms with Gasteiger partial charge in [0.2, 0.25) is 0 Å². The van der Waals surface area contributed by atoms with Gasteiger partial charge >= 0.3 is 5.96 Å². The van der Waals surface area contributed by atoms with Gasteiger partial charge in [0.05, 0.1) is 41.4 Å². The third kappa shape index (κ3) is 12.3. The van der Waals surface area contributed by atoms with E-state index in [9.17, 15) is 9.90 Å². The third-order valence-electron chi connectivity index (χ3n) is 4.25. The predicted molar refractivity (Wildman–Crippen MR) is 136 cm³/mol. The van der Waals surface area contributed by atoms with Crippen molar-refractivity contribution in [3.8, 4) is 0 Å². The average Bonchev–Trinajstić information content (AvgIpc) is 2.81. The number of para-hydroxylation sites is 2. The number of benzene rings is 2. The van der Waals surface area contributed by atoms with Crippen molar-refractivity contribution in [2.75, 3.05) is 65.1 Å². The highest BCUT2D eigenvalue weighted by Crippen LogP contribution is 2.08. The number of carboxylic acid groups (broad SMARTS) is 1. The number of thiocarbonyl (C=S) groups is 1. The minimum atomic E-state index is -1.10. The monoisotopic (exact) mass is 474 g/mol. The van der Waals surface area contributed by atoms with Gasteiger partial charge in [-0.05, 0) is 36.5 Å². The van der Waals surface area contributed by atoms with Gasteiger partial charge in [0.25, 0.3) is 0 Å². The lowest BCUT2D eigenvalue weighted by Crippen LogP contribution is -2.47. The molecule has 10 heteroatoms. The summed E-state index contributed by atoms with van der Waals surface area (Å²) in [5.41, 5.74) is 7.49. The second kappa shape index (κ2) is 15.4. The van der Waals surface area contributed by atoms with E-state index in [2.05, 4.69) is 10.6 Å². The van der Waals surface area contributed by atoms with Gasteiger partial charge in [-0.15, -0.1) is 0 Å². The van der Waals surface area contributed by atoms with Crippen molar-refractivity contribution in [1.29, 1.82) is 0 Å². The van der Waals surface area contributed by atoms with E-state index in [1.807, 2.05) is 98.3 Å². The van der Waals surface area contributed by atoms with Crippen molar-refractivity contribution >= 4 is 40.8 Å². The number of hydrogen-bond acceptors (Lipinski definition) is 4. The highest BCUT2D eigenvalue weighted by molar-refractivity contribution is 7.80. The second-order valence-corrected chi connectivity index (χ2v) is 7.73. The van der Waals surface area contributed by atoms with Gasteiger partial charge in [0.15, 0.2) is 5.11 Å². The molecule has 0 aromatic heterocycles. The first-order valence-corrected chi connectivity index (χ1v) is 10.8. The summed E-state index contributed by atoms with van der Waals surface area (Å²) in [5.74, 6) is 0.769. The Morgan fingerprint density at radius 1 is 1.00 bits per heavy atom. The van der Waals surface area contributed by atoms with Crippen LogP contribution in [0.5, 0.6) is 0 Å². The van der Waals surface area contributed by atoms with Crippen LogP contribution in [0.2, 0.25) is 0 Å². The molecule has 0 spiro atoms. The van der Waals surface area contributed by atoms with Crippen molar-refractivity contribution in [2.45, 2.75) is 0 Å². The molecule has 0 radical (unpaired) electrons. The number of nitrogens with one attached hydrogen (secondary N) is 2. The number of carbonyl (C=O) groups is 1. The van der Waals surface area contributed by atoms with Gasteiger partial charge in [-0.25, -0.2) is 0 Å². The molecule has 0 atom stereocenters. The standard InChI is InChI=1S/C13H12N2S.C5H13N3.C5H9NO3/c16-13(14-11-7-3-1-4-8-11)15-12-9-5-2-6-10-12;1-7(2)5(6)8(3)4;7-5(8)6-1-3-9-4-2-6/h1-10H,(H2,14,15,16);6H,1-4H3;1-4H2,(H,7,8). The van der Waals surface area contributed by atoms with Crippen molar-refractivity contribution in [3.05, 3.63) is 60.7 Å². The Balaban J connectivity index is 0.000000273. The van der Waals surface area contributed by atoms with E-state index < -0.39 is 6.09 Å². The summed E-state index contributed by atoms with van der Waals surface area (Å²) in [7, 11) is 7.65. The summed E-state index contributed by atoms with van der Waals surface area (Å²) in [6, 6.07) is 19.7. The number of nitrogens with zero attached hydrogens (tertiary/aromatic N) is 3. The summed E-state index contributed by atoms with van der Waals surface area (Å²) in [5, 5.41) is 16.9. The molecule has 0 saturated carbocycles. The molecule has 1 saturated heterocycles. The lowest BCUT2D eigenvalue weighted by Gasteiger charge is -2.28. The lowest BCUT2D eigenvalue weighted by atomic mass is 10.3. The summed E-state index contributed by atoms with van der Waals surface area (Å²) < 4.78 is 6.78. The molecule has 0 aliphatic carbocycles. The van der Waals surface area contributed by atoms with E-state index >= 15 is 0 Å². The molecule has 2 aromatic rings. The van der Waals surface area contributed by atoms with Gasteiger partial charge in [0, 0.05) is 24.5 Å². The van der Waals surface area contributed by atoms with Crippen molar-refractivity contribution < 1.29 is 19.2 Å². The summed E-state index contributed by atoms with van der Waals surface area (Å²) in [6.45, 7) is 1.88. The predicted octanol–water partition coefficient (Wildman–Crippen LogP) is 1.29. The number of morpholine rings is 1. The lowest BCUT2D eigenvalue weighted by molar-refractivity contribution is -0.470. The average molecular weight is 475 g/mol. The molecule has 4 N–H and O–H groups in total. The highest BCUT2D eigenvalue weighted by atomic mass is 32.1. The molecular weight excluding hydrogens is 440 g/mol. The van der Waals surface area contributed by atoms with Crippen molar-refractivity contribution in [2.24, 2.45) is 5.73 Å². The number of amides is 1. The molecule has 180 valence electrons. The Kier molecular flexibility index (Phi) is 12.9. The number of hydrogen-bond donors (Lipinski definition) is 3. The minimum Gasteiger partial charge on any atom is -0.530 e. The van der Waals surface area contributed by atoms with Crippen LogP contribution in [-0.4, -0.2) is 86.0 Å². The van der Waals surface area contributed by atoms with Crippen LogP contribution >= 0.6 is 12.2 Å². The van der Waals surface area contributed by atoms with Crippen LogP contribution in [0.1, 0.15) is 0 Å². The third-order valence-corrected chi connectivity index (χ3v) is 4.45. The number of guanidine groups is 1. The molecule has 0 bridgehead atoms. The fourth-order valence-corrected chi connectivity index (χ4v) is 2.72. The zero-order chi connectivity index (χ0) is 24.6. The van der Waals surface area contributed by atoms with E-state index in [0.29, 0.717) is 31.4 Å². The highest BCUT2D eigenvalue weighted by Gasteiger charge is 2.08. The number of rotatable bonds is 2. The largest absolute Gasteiger partial charge is 0.530 e. The van der Waals surface area contributed by atoms with Gasteiger partial charge in [-0.1, -0.05) is 36.4 Å². The molecule has 3 rings (SSSR count). The first-order valence-electron chi connectivity index (χ1n) is 10.4. The Hall–Kier alpha value is -3.37. The van der Waals surface area contributed by atoms with Crippen LogP contribution in [0.3, 0.4) is 0 Å². The zero-order valence-corrected chi connectivity index (χ0v) is 20.5. The fraction of sp³-hybridized carbons (Fsp3) is 0.348. The normalized spacial score (nSPS) is 12.1. The fourth-order valence-electron chi connectivity index (χ4n) is 2.48. The molecule has 33 heavy (non-hydrogen) atoms. The molecule has 0 unspecified atom stereocenters. The topological polar surface area (TPSA) is 109 Å². The summed E-state index contributed by atoms with van der Waals surface area (Å²) in [4.78, 5) is 13.2. The molecule has 1 aliphatic rings. The molecule has 1 fully saturated rings. The molecule has 1 aliphatic heterocycles. The number of nitrogens with two attached hydrogens (primary N) is 1. The molecule has 1 heterocycles. The van der Waals surface area contributed by atoms with Crippen LogP contribution in [0, 0.1) is 0 Å². The SMILES string of the molecule is CN(C)C(N)=[N+](C)C.O=C([O-])N1CCOCC1.S=C(Nc1ccccc1)Nc1ccccc1. The summed E-state index contributed by atoms with van der Waals surface area (Å²) >= 11 is 5.20. The Bertz CT molecular complexity index is 825. The maximum atomic E-state index is 10.1. The second-order valence-electron chi connectivity index (χ2n) is 7.32. The molecule has 9 nitrogen and oxygen atoms in total. The molecular formula is C23H34N6O3S. The van der Waals surface area contributed by atoms with Crippen LogP contribution in [0.15, 0.2) is 60.7 Å². The van der Waals surface area contributed by atoms with Gasteiger partial charge in [0.1, 0.15) is 6.09 Å². The van der Waals surface area contributed by atoms with Crippen LogP contribution < -0.4 is 21.5 Å². The maximum absolute atomic E-state index is 10.1. The van der Waals surface area contributed by atoms with E-state index in [0.717, 1.165) is 17.3 Å². The van der Waals surface area contributed by atoms with Crippen LogP contribution in [-0.2, 0) is 4.74 Å². The maximum Gasteiger partial charge on any atom is 0.344 e. The van der Waals surface area contributed by atoms with Gasteiger partial charge in [-0.2, -0.15) is 0 Å². The van der Waals surface area contributed by atoms with Crippen molar-refractivity contribution in [3.63, 3.8) is 0 Å². The zero-order valence-electron chi connectivity index (χ0n) is 19.7. The smallest absolute Gasteiger partial charge is 0.344 e. The quantitative estimate of drug-likeness (QED) is 0.259. The van der Waals surface area contributed by atoms with E-state index in [4.69, 9.17) is 22.7 Å². The molecule has 2 aromatic carbocycles. The van der Waals surface area contributed by atoms with Crippen molar-refractivity contribution in [1.82, 2.24) is 9.80 Å². The Morgan fingerprint density at radius 3 is 1.70 bits per heavy atom. The van der Waals surface area contributed by atoms with Crippen LogP contribution in [0.4, 0.5) is 16.2 Å². The first-order chi connectivity index (χ1) is 15.7. The first kappa shape index (κ1) is 27.7. The Morgan fingerprint density at radius 2 is 1.42 bits per heavy atom. The Labute approximate surface area is 201 Å². The number of ether oxygens (including phenoxy) is 1. The summed E-state index contributed by atoms with van der Waals surface area (Å²) in [6.07, 6.45) is -1.10. The van der Waals surface area contributed by atoms with E-state index in [1.165, 1.54) is 4.90 Å². The number of anilines is 2. The van der Waals surface area contributed by atoms with Crippen LogP contribution in [0.25, 0.3) is 0 Å². The van der Waals surface area contributed by atoms with E-state index in [1.54, 1.807) is 0 Å². The van der Waals surface area contributed by atoms with Gasteiger partial charge in [-0.3, -0.25) is 15.2 Å². The number of carbonyl (C=O) groups excluding carboxylic acids is 1. The minimum absolute atomic E-state index is 0.447. The van der Waals surface area contributed by atoms with Gasteiger partial charge < -0.3 is 30.2 Å². The van der Waals surface area contributed by atoms with E-state index in [-0.39, 0.29) is 0 Å². The molecule has 1 amide bonds.